The molecule has 20 heavy (non-hydrogen) atoms. The number of amides is 1. The minimum absolute atomic E-state index is 0.0803. The Morgan fingerprint density at radius 2 is 1.90 bits per heavy atom. The van der Waals surface area contributed by atoms with Crippen LogP contribution >= 0.6 is 0 Å². The van der Waals surface area contributed by atoms with Gasteiger partial charge in [0, 0.05) is 32.1 Å². The number of carbonyl (C=O) groups is 2. The van der Waals surface area contributed by atoms with Crippen LogP contribution in [0.2, 0.25) is 0 Å². The van der Waals surface area contributed by atoms with E-state index in [1.807, 2.05) is 9.80 Å². The molecule has 1 saturated heterocycles. The minimum Gasteiger partial charge on any atom is -0.480 e. The summed E-state index contributed by atoms with van der Waals surface area (Å²) < 4.78 is 0. The highest BCUT2D eigenvalue weighted by atomic mass is 16.4. The lowest BCUT2D eigenvalue weighted by atomic mass is 9.81. The molecule has 1 unspecified atom stereocenters. The average Bonchev–Trinajstić information content (AvgIpc) is 2.58. The van der Waals surface area contributed by atoms with Crippen molar-refractivity contribution >= 4 is 11.9 Å². The zero-order valence-electron chi connectivity index (χ0n) is 12.6. The standard InChI is InChI=1S/C15H26N2O3/c1-15(2)6-3-5-12(15)14(20)17-8-4-7-16(9-10-17)11-13(18)19/h12H,3-11H2,1-2H3,(H,18,19). The second-order valence-corrected chi connectivity index (χ2v) is 6.78. The molecule has 0 radical (unpaired) electrons. The van der Waals surface area contributed by atoms with Crippen molar-refractivity contribution in [3.63, 3.8) is 0 Å². The smallest absolute Gasteiger partial charge is 0.317 e. The fourth-order valence-electron chi connectivity index (χ4n) is 3.55. The first kappa shape index (κ1) is 15.3. The van der Waals surface area contributed by atoms with Gasteiger partial charge in [-0.2, -0.15) is 0 Å². The Morgan fingerprint density at radius 3 is 2.50 bits per heavy atom. The maximum atomic E-state index is 12.7. The van der Waals surface area contributed by atoms with Crippen LogP contribution in [-0.2, 0) is 9.59 Å². The summed E-state index contributed by atoms with van der Waals surface area (Å²) in [7, 11) is 0. The van der Waals surface area contributed by atoms with Crippen molar-refractivity contribution in [1.82, 2.24) is 9.80 Å². The molecular formula is C15H26N2O3. The number of carbonyl (C=O) groups excluding carboxylic acids is 1. The lowest BCUT2D eigenvalue weighted by molar-refractivity contribution is -0.138. The SMILES string of the molecule is CC1(C)CCCC1C(=O)N1CCCN(CC(=O)O)CC1. The summed E-state index contributed by atoms with van der Waals surface area (Å²) in [4.78, 5) is 27.3. The Labute approximate surface area is 120 Å². The van der Waals surface area contributed by atoms with E-state index < -0.39 is 5.97 Å². The molecule has 0 spiro atoms. The number of carboxylic acid groups (broad SMARTS) is 1. The van der Waals surface area contributed by atoms with Crippen LogP contribution in [0.4, 0.5) is 0 Å². The van der Waals surface area contributed by atoms with Crippen molar-refractivity contribution in [2.24, 2.45) is 11.3 Å². The molecule has 0 bridgehead atoms. The molecule has 2 rings (SSSR count). The molecule has 0 aromatic carbocycles. The molecule has 2 fully saturated rings. The van der Waals surface area contributed by atoms with Crippen molar-refractivity contribution in [2.45, 2.75) is 39.5 Å². The minimum atomic E-state index is -0.790. The van der Waals surface area contributed by atoms with Crippen molar-refractivity contribution in [3.8, 4) is 0 Å². The highest BCUT2D eigenvalue weighted by Crippen LogP contribution is 2.43. The van der Waals surface area contributed by atoms with Crippen LogP contribution < -0.4 is 0 Å². The Hall–Kier alpha value is -1.10. The molecule has 2 aliphatic rings. The first-order valence-electron chi connectivity index (χ1n) is 7.63. The van der Waals surface area contributed by atoms with Crippen molar-refractivity contribution in [3.05, 3.63) is 0 Å². The summed E-state index contributed by atoms with van der Waals surface area (Å²) in [6, 6.07) is 0. The molecule has 1 saturated carbocycles. The summed E-state index contributed by atoms with van der Waals surface area (Å²) >= 11 is 0. The summed E-state index contributed by atoms with van der Waals surface area (Å²) in [6.07, 6.45) is 4.14. The van der Waals surface area contributed by atoms with Crippen molar-refractivity contribution < 1.29 is 14.7 Å². The maximum absolute atomic E-state index is 12.7. The number of nitrogens with zero attached hydrogens (tertiary/aromatic N) is 2. The third kappa shape index (κ3) is 3.51. The van der Waals surface area contributed by atoms with Gasteiger partial charge in [-0.15, -0.1) is 0 Å². The lowest BCUT2D eigenvalue weighted by Crippen LogP contribution is -2.42. The van der Waals surface area contributed by atoms with Gasteiger partial charge in [0.05, 0.1) is 6.54 Å². The van der Waals surface area contributed by atoms with Crippen molar-refractivity contribution in [1.29, 1.82) is 0 Å². The van der Waals surface area contributed by atoms with Crippen LogP contribution in [-0.4, -0.2) is 59.5 Å². The van der Waals surface area contributed by atoms with E-state index >= 15 is 0 Å². The van der Waals surface area contributed by atoms with E-state index in [1.54, 1.807) is 0 Å². The maximum Gasteiger partial charge on any atom is 0.317 e. The summed E-state index contributed by atoms with van der Waals surface area (Å²) in [6.45, 7) is 7.33. The van der Waals surface area contributed by atoms with Crippen LogP contribution in [0, 0.1) is 11.3 Å². The third-order valence-corrected chi connectivity index (χ3v) is 4.81. The molecule has 0 aromatic heterocycles. The van der Waals surface area contributed by atoms with Crippen molar-refractivity contribution in [2.75, 3.05) is 32.7 Å². The number of hydrogen-bond acceptors (Lipinski definition) is 3. The number of carboxylic acids is 1. The molecule has 1 heterocycles. The average molecular weight is 282 g/mol. The largest absolute Gasteiger partial charge is 0.480 e. The van der Waals surface area contributed by atoms with Gasteiger partial charge in [0.1, 0.15) is 0 Å². The Morgan fingerprint density at radius 1 is 1.15 bits per heavy atom. The predicted octanol–water partition coefficient (Wildman–Crippen LogP) is 1.43. The van der Waals surface area contributed by atoms with E-state index in [-0.39, 0.29) is 23.8 Å². The van der Waals surface area contributed by atoms with Crippen LogP contribution in [0.5, 0.6) is 0 Å². The molecule has 1 amide bonds. The van der Waals surface area contributed by atoms with Crippen LogP contribution in [0.25, 0.3) is 0 Å². The van der Waals surface area contributed by atoms with Crippen LogP contribution in [0.1, 0.15) is 39.5 Å². The van der Waals surface area contributed by atoms with Gasteiger partial charge in [-0.05, 0) is 24.7 Å². The molecule has 0 aromatic rings. The zero-order valence-corrected chi connectivity index (χ0v) is 12.6. The highest BCUT2D eigenvalue weighted by Gasteiger charge is 2.41. The molecule has 1 N–H and O–H groups in total. The quantitative estimate of drug-likeness (QED) is 0.850. The monoisotopic (exact) mass is 282 g/mol. The van der Waals surface area contributed by atoms with E-state index in [4.69, 9.17) is 5.11 Å². The van der Waals surface area contributed by atoms with Crippen LogP contribution in [0.3, 0.4) is 0 Å². The fourth-order valence-corrected chi connectivity index (χ4v) is 3.55. The second-order valence-electron chi connectivity index (χ2n) is 6.78. The normalized spacial score (nSPS) is 27.3. The topological polar surface area (TPSA) is 60.9 Å². The van der Waals surface area contributed by atoms with Crippen LogP contribution in [0.15, 0.2) is 0 Å². The predicted molar refractivity (Wildman–Crippen MR) is 76.4 cm³/mol. The van der Waals surface area contributed by atoms with Gasteiger partial charge in [-0.3, -0.25) is 14.5 Å². The molecule has 5 heteroatoms. The van der Waals surface area contributed by atoms with Gasteiger partial charge in [0.25, 0.3) is 0 Å². The highest BCUT2D eigenvalue weighted by molar-refractivity contribution is 5.80. The second kappa shape index (κ2) is 6.12. The van der Waals surface area contributed by atoms with E-state index in [0.717, 1.165) is 38.8 Å². The van der Waals surface area contributed by atoms with Gasteiger partial charge >= 0.3 is 5.97 Å². The third-order valence-electron chi connectivity index (χ3n) is 4.81. The first-order chi connectivity index (χ1) is 9.40. The fraction of sp³-hybridized carbons (Fsp3) is 0.867. The van der Waals surface area contributed by atoms with Gasteiger partial charge in [-0.25, -0.2) is 0 Å². The number of aliphatic carboxylic acids is 1. The molecule has 1 aliphatic carbocycles. The molecule has 1 atom stereocenters. The lowest BCUT2D eigenvalue weighted by Gasteiger charge is -2.31. The number of rotatable bonds is 3. The molecular weight excluding hydrogens is 256 g/mol. The zero-order chi connectivity index (χ0) is 14.8. The van der Waals surface area contributed by atoms with E-state index in [2.05, 4.69) is 13.8 Å². The summed E-state index contributed by atoms with van der Waals surface area (Å²) in [5.74, 6) is -0.361. The summed E-state index contributed by atoms with van der Waals surface area (Å²) in [5.41, 5.74) is 0.115. The molecule has 5 nitrogen and oxygen atoms in total. The van der Waals surface area contributed by atoms with E-state index in [1.165, 1.54) is 0 Å². The molecule has 114 valence electrons. The van der Waals surface area contributed by atoms with E-state index in [0.29, 0.717) is 13.1 Å². The Bertz CT molecular complexity index is 381. The van der Waals surface area contributed by atoms with Gasteiger partial charge in [0.15, 0.2) is 0 Å². The van der Waals surface area contributed by atoms with Gasteiger partial charge < -0.3 is 10.0 Å². The Balaban J connectivity index is 1.93. The van der Waals surface area contributed by atoms with Gasteiger partial charge in [-0.1, -0.05) is 20.3 Å². The Kier molecular flexibility index (Phi) is 4.68. The van der Waals surface area contributed by atoms with Gasteiger partial charge in [0.2, 0.25) is 5.91 Å². The molecule has 1 aliphatic heterocycles. The summed E-state index contributed by atoms with van der Waals surface area (Å²) in [5, 5.41) is 8.85. The number of hydrogen-bond donors (Lipinski definition) is 1. The first-order valence-corrected chi connectivity index (χ1v) is 7.63. The van der Waals surface area contributed by atoms with E-state index in [9.17, 15) is 9.59 Å².